The van der Waals surface area contributed by atoms with E-state index in [0.29, 0.717) is 12.1 Å². The quantitative estimate of drug-likeness (QED) is 0.878. The SMILES string of the molecule is Cc1noc(CCN2CC(CC(C)C)NCC2C)n1. The molecule has 0 amide bonds. The van der Waals surface area contributed by atoms with Crippen LogP contribution in [-0.2, 0) is 6.42 Å². The number of nitrogens with zero attached hydrogens (tertiary/aromatic N) is 3. The monoisotopic (exact) mass is 266 g/mol. The number of nitrogens with one attached hydrogen (secondary N) is 1. The summed E-state index contributed by atoms with van der Waals surface area (Å²) < 4.78 is 5.18. The summed E-state index contributed by atoms with van der Waals surface area (Å²) >= 11 is 0. The Morgan fingerprint density at radius 1 is 1.47 bits per heavy atom. The second-order valence-electron chi connectivity index (χ2n) is 6.06. The zero-order valence-corrected chi connectivity index (χ0v) is 12.5. The Kier molecular flexibility index (Phi) is 4.93. The molecule has 1 fully saturated rings. The van der Waals surface area contributed by atoms with Gasteiger partial charge in [0.2, 0.25) is 5.89 Å². The van der Waals surface area contributed by atoms with E-state index in [1.807, 2.05) is 6.92 Å². The van der Waals surface area contributed by atoms with Gasteiger partial charge in [0.25, 0.3) is 0 Å². The van der Waals surface area contributed by atoms with Gasteiger partial charge in [-0.25, -0.2) is 0 Å². The van der Waals surface area contributed by atoms with E-state index >= 15 is 0 Å². The molecule has 19 heavy (non-hydrogen) atoms. The number of hydrogen-bond acceptors (Lipinski definition) is 5. The molecular weight excluding hydrogens is 240 g/mol. The van der Waals surface area contributed by atoms with Crippen molar-refractivity contribution in [1.82, 2.24) is 20.4 Å². The fraction of sp³-hybridized carbons (Fsp3) is 0.857. The van der Waals surface area contributed by atoms with Crippen molar-refractivity contribution < 1.29 is 4.52 Å². The fourth-order valence-electron chi connectivity index (χ4n) is 2.71. The maximum Gasteiger partial charge on any atom is 0.227 e. The van der Waals surface area contributed by atoms with Crippen LogP contribution >= 0.6 is 0 Å². The first-order valence-electron chi connectivity index (χ1n) is 7.31. The first kappa shape index (κ1) is 14.5. The van der Waals surface area contributed by atoms with Gasteiger partial charge in [-0.05, 0) is 26.2 Å². The third-order valence-electron chi connectivity index (χ3n) is 3.72. The average Bonchev–Trinajstić information content (AvgIpc) is 2.75. The number of piperazine rings is 1. The van der Waals surface area contributed by atoms with Crippen molar-refractivity contribution in [2.45, 2.75) is 52.6 Å². The number of aryl methyl sites for hydroxylation is 1. The van der Waals surface area contributed by atoms with Crippen molar-refractivity contribution >= 4 is 0 Å². The molecule has 0 aliphatic carbocycles. The highest BCUT2D eigenvalue weighted by Gasteiger charge is 2.25. The number of hydrogen-bond donors (Lipinski definition) is 1. The molecule has 1 saturated heterocycles. The molecule has 1 aliphatic rings. The van der Waals surface area contributed by atoms with Crippen molar-refractivity contribution in [3.63, 3.8) is 0 Å². The van der Waals surface area contributed by atoms with Gasteiger partial charge in [0.05, 0.1) is 0 Å². The molecule has 1 aromatic heterocycles. The number of aromatic nitrogens is 2. The Hall–Kier alpha value is -0.940. The minimum absolute atomic E-state index is 0.576. The van der Waals surface area contributed by atoms with E-state index < -0.39 is 0 Å². The fourth-order valence-corrected chi connectivity index (χ4v) is 2.71. The topological polar surface area (TPSA) is 54.2 Å². The number of rotatable bonds is 5. The largest absolute Gasteiger partial charge is 0.339 e. The molecule has 1 aromatic rings. The van der Waals surface area contributed by atoms with Gasteiger partial charge in [-0.2, -0.15) is 4.98 Å². The van der Waals surface area contributed by atoms with Crippen LogP contribution in [0.1, 0.15) is 38.9 Å². The predicted octanol–water partition coefficient (Wildman–Crippen LogP) is 1.63. The minimum Gasteiger partial charge on any atom is -0.339 e. The Morgan fingerprint density at radius 2 is 2.26 bits per heavy atom. The lowest BCUT2D eigenvalue weighted by molar-refractivity contribution is 0.130. The van der Waals surface area contributed by atoms with Gasteiger partial charge in [-0.15, -0.1) is 0 Å². The Labute approximate surface area is 115 Å². The van der Waals surface area contributed by atoms with Gasteiger partial charge >= 0.3 is 0 Å². The molecule has 1 N–H and O–H groups in total. The molecule has 0 aromatic carbocycles. The summed E-state index contributed by atoms with van der Waals surface area (Å²) in [5.74, 6) is 2.22. The second kappa shape index (κ2) is 6.48. The van der Waals surface area contributed by atoms with E-state index in [1.165, 1.54) is 6.42 Å². The summed E-state index contributed by atoms with van der Waals surface area (Å²) in [6.45, 7) is 11.9. The van der Waals surface area contributed by atoms with Gasteiger partial charge in [0, 0.05) is 38.1 Å². The van der Waals surface area contributed by atoms with Crippen LogP contribution in [0.15, 0.2) is 4.52 Å². The highest BCUT2D eigenvalue weighted by atomic mass is 16.5. The third kappa shape index (κ3) is 4.28. The lowest BCUT2D eigenvalue weighted by atomic mass is 10.00. The lowest BCUT2D eigenvalue weighted by Crippen LogP contribution is -2.56. The van der Waals surface area contributed by atoms with Crippen LogP contribution < -0.4 is 5.32 Å². The van der Waals surface area contributed by atoms with Crippen molar-refractivity contribution in [2.75, 3.05) is 19.6 Å². The molecule has 2 heterocycles. The van der Waals surface area contributed by atoms with Crippen molar-refractivity contribution in [3.05, 3.63) is 11.7 Å². The van der Waals surface area contributed by atoms with E-state index in [0.717, 1.165) is 43.7 Å². The van der Waals surface area contributed by atoms with Crippen molar-refractivity contribution in [3.8, 4) is 0 Å². The van der Waals surface area contributed by atoms with Crippen molar-refractivity contribution in [2.24, 2.45) is 5.92 Å². The van der Waals surface area contributed by atoms with Gasteiger partial charge in [0.15, 0.2) is 5.82 Å². The second-order valence-corrected chi connectivity index (χ2v) is 6.06. The van der Waals surface area contributed by atoms with E-state index in [9.17, 15) is 0 Å². The molecule has 2 atom stereocenters. The van der Waals surface area contributed by atoms with Gasteiger partial charge in [-0.1, -0.05) is 19.0 Å². The summed E-state index contributed by atoms with van der Waals surface area (Å²) in [7, 11) is 0. The van der Waals surface area contributed by atoms with Crippen LogP contribution in [0.25, 0.3) is 0 Å². The molecule has 0 radical (unpaired) electrons. The van der Waals surface area contributed by atoms with Crippen LogP contribution in [0, 0.1) is 12.8 Å². The maximum atomic E-state index is 5.18. The molecule has 5 heteroatoms. The Bertz CT molecular complexity index is 391. The first-order chi connectivity index (χ1) is 9.04. The molecule has 0 bridgehead atoms. The summed E-state index contributed by atoms with van der Waals surface area (Å²) in [6.07, 6.45) is 2.09. The highest BCUT2D eigenvalue weighted by Crippen LogP contribution is 2.13. The van der Waals surface area contributed by atoms with Crippen LogP contribution in [0.3, 0.4) is 0 Å². The zero-order valence-electron chi connectivity index (χ0n) is 12.5. The van der Waals surface area contributed by atoms with E-state index in [4.69, 9.17) is 4.52 Å². The molecule has 5 nitrogen and oxygen atoms in total. The molecule has 2 unspecified atom stereocenters. The van der Waals surface area contributed by atoms with Crippen LogP contribution in [0.5, 0.6) is 0 Å². The van der Waals surface area contributed by atoms with E-state index in [-0.39, 0.29) is 0 Å². The molecule has 1 aliphatic heterocycles. The Morgan fingerprint density at radius 3 is 2.89 bits per heavy atom. The standard InChI is InChI=1S/C14H26N4O/c1-10(2)7-13-9-18(11(3)8-15-13)6-5-14-16-12(4)17-19-14/h10-11,13,15H,5-9H2,1-4H3. The summed E-state index contributed by atoms with van der Waals surface area (Å²) in [5, 5.41) is 7.48. The smallest absolute Gasteiger partial charge is 0.227 e. The van der Waals surface area contributed by atoms with Crippen molar-refractivity contribution in [1.29, 1.82) is 0 Å². The molecule has 0 saturated carbocycles. The van der Waals surface area contributed by atoms with Gasteiger partial charge < -0.3 is 9.84 Å². The Balaban J connectivity index is 1.83. The normalized spacial score (nSPS) is 25.1. The van der Waals surface area contributed by atoms with Crippen LogP contribution in [0.2, 0.25) is 0 Å². The van der Waals surface area contributed by atoms with E-state index in [2.05, 4.69) is 41.1 Å². The highest BCUT2D eigenvalue weighted by molar-refractivity contribution is 4.88. The summed E-state index contributed by atoms with van der Waals surface area (Å²) in [4.78, 5) is 6.80. The molecular formula is C14H26N4O. The molecule has 108 valence electrons. The minimum atomic E-state index is 0.576. The third-order valence-corrected chi connectivity index (χ3v) is 3.72. The van der Waals surface area contributed by atoms with E-state index in [1.54, 1.807) is 0 Å². The summed E-state index contributed by atoms with van der Waals surface area (Å²) in [5.41, 5.74) is 0. The van der Waals surface area contributed by atoms with Crippen LogP contribution in [-0.4, -0.2) is 46.8 Å². The maximum absolute atomic E-state index is 5.18. The molecule has 0 spiro atoms. The van der Waals surface area contributed by atoms with Crippen LogP contribution in [0.4, 0.5) is 0 Å². The zero-order chi connectivity index (χ0) is 13.8. The lowest BCUT2D eigenvalue weighted by Gasteiger charge is -2.39. The van der Waals surface area contributed by atoms with Gasteiger partial charge in [0.1, 0.15) is 0 Å². The summed E-state index contributed by atoms with van der Waals surface area (Å²) in [6, 6.07) is 1.19. The van der Waals surface area contributed by atoms with Gasteiger partial charge in [-0.3, -0.25) is 4.90 Å². The average molecular weight is 266 g/mol. The predicted molar refractivity (Wildman–Crippen MR) is 75.0 cm³/mol. The first-order valence-corrected chi connectivity index (χ1v) is 7.31. The molecule has 2 rings (SSSR count).